The SMILES string of the molecule is O=S(=O)(c1c[nH]c2ncccc12)N1CCCC(CO)C1. The first-order chi connectivity index (χ1) is 9.63. The molecule has 0 aromatic carbocycles. The van der Waals surface area contributed by atoms with Crippen LogP contribution < -0.4 is 0 Å². The van der Waals surface area contributed by atoms with Gasteiger partial charge in [-0.05, 0) is 30.9 Å². The molecule has 1 atom stereocenters. The molecule has 0 spiro atoms. The van der Waals surface area contributed by atoms with E-state index in [1.54, 1.807) is 18.3 Å². The molecule has 6 nitrogen and oxygen atoms in total. The lowest BCUT2D eigenvalue weighted by Crippen LogP contribution is -2.40. The van der Waals surface area contributed by atoms with Crippen molar-refractivity contribution in [1.82, 2.24) is 14.3 Å². The van der Waals surface area contributed by atoms with E-state index in [1.807, 2.05) is 0 Å². The number of H-pyrrole nitrogens is 1. The van der Waals surface area contributed by atoms with E-state index in [0.717, 1.165) is 12.8 Å². The highest BCUT2D eigenvalue weighted by Crippen LogP contribution is 2.27. The first kappa shape index (κ1) is 13.5. The van der Waals surface area contributed by atoms with Gasteiger partial charge in [0.15, 0.2) is 0 Å². The first-order valence-electron chi connectivity index (χ1n) is 6.66. The Kier molecular flexibility index (Phi) is 3.49. The van der Waals surface area contributed by atoms with Crippen LogP contribution in [0.3, 0.4) is 0 Å². The standard InChI is InChI=1S/C13H17N3O3S/c17-9-10-3-2-6-16(8-10)20(18,19)12-7-15-13-11(12)4-1-5-14-13/h1,4-5,7,10,17H,2-3,6,8-9H2,(H,14,15). The summed E-state index contributed by atoms with van der Waals surface area (Å²) in [5, 5.41) is 9.85. The molecule has 0 bridgehead atoms. The van der Waals surface area contributed by atoms with Crippen molar-refractivity contribution in [3.8, 4) is 0 Å². The first-order valence-corrected chi connectivity index (χ1v) is 8.10. The maximum atomic E-state index is 12.7. The fourth-order valence-electron chi connectivity index (χ4n) is 2.68. The zero-order valence-corrected chi connectivity index (χ0v) is 11.8. The van der Waals surface area contributed by atoms with Crippen LogP contribution in [0.1, 0.15) is 12.8 Å². The van der Waals surface area contributed by atoms with Crippen molar-refractivity contribution in [2.75, 3.05) is 19.7 Å². The summed E-state index contributed by atoms with van der Waals surface area (Å²) in [4.78, 5) is 7.27. The molecule has 2 N–H and O–H groups in total. The lowest BCUT2D eigenvalue weighted by Gasteiger charge is -2.30. The Labute approximate surface area is 117 Å². The highest BCUT2D eigenvalue weighted by atomic mass is 32.2. The monoisotopic (exact) mass is 295 g/mol. The van der Waals surface area contributed by atoms with Gasteiger partial charge >= 0.3 is 0 Å². The number of aliphatic hydroxyl groups is 1. The third-order valence-corrected chi connectivity index (χ3v) is 5.68. The lowest BCUT2D eigenvalue weighted by atomic mass is 10.0. The molecule has 1 aliphatic rings. The summed E-state index contributed by atoms with van der Waals surface area (Å²) in [5.74, 6) is 0.0295. The van der Waals surface area contributed by atoms with Gasteiger partial charge in [-0.2, -0.15) is 4.31 Å². The normalized spacial score (nSPS) is 21.4. The highest BCUT2D eigenvalue weighted by Gasteiger charge is 2.31. The maximum absolute atomic E-state index is 12.7. The molecule has 2 aromatic rings. The smallest absolute Gasteiger partial charge is 0.245 e. The van der Waals surface area contributed by atoms with Gasteiger partial charge in [0.25, 0.3) is 0 Å². The topological polar surface area (TPSA) is 86.3 Å². The van der Waals surface area contributed by atoms with Gasteiger partial charge in [0.05, 0.1) is 0 Å². The number of nitrogens with zero attached hydrogens (tertiary/aromatic N) is 2. The Morgan fingerprint density at radius 2 is 2.35 bits per heavy atom. The Hall–Kier alpha value is -1.44. The second-order valence-corrected chi connectivity index (χ2v) is 7.01. The largest absolute Gasteiger partial charge is 0.396 e. The number of hydrogen-bond acceptors (Lipinski definition) is 4. The third-order valence-electron chi connectivity index (χ3n) is 3.77. The summed E-state index contributed by atoms with van der Waals surface area (Å²) in [5.41, 5.74) is 0.571. The van der Waals surface area contributed by atoms with E-state index in [2.05, 4.69) is 9.97 Å². The Balaban J connectivity index is 1.99. The number of aliphatic hydroxyl groups excluding tert-OH is 1. The minimum Gasteiger partial charge on any atom is -0.396 e. The fourth-order valence-corrected chi connectivity index (χ4v) is 4.38. The second-order valence-electron chi connectivity index (χ2n) is 5.11. The molecule has 20 heavy (non-hydrogen) atoms. The number of fused-ring (bicyclic) bond motifs is 1. The number of hydrogen-bond donors (Lipinski definition) is 2. The predicted octanol–water partition coefficient (Wildman–Crippen LogP) is 0.956. The number of aromatic nitrogens is 2. The minimum atomic E-state index is -3.54. The van der Waals surface area contributed by atoms with Crippen molar-refractivity contribution in [3.05, 3.63) is 24.5 Å². The van der Waals surface area contributed by atoms with Crippen LogP contribution in [0.5, 0.6) is 0 Å². The van der Waals surface area contributed by atoms with Gasteiger partial charge in [0, 0.05) is 37.5 Å². The molecule has 1 fully saturated rings. The Morgan fingerprint density at radius 3 is 3.15 bits per heavy atom. The van der Waals surface area contributed by atoms with Gasteiger partial charge in [0.1, 0.15) is 10.5 Å². The van der Waals surface area contributed by atoms with Gasteiger partial charge in [0.2, 0.25) is 10.0 Å². The predicted molar refractivity (Wildman–Crippen MR) is 74.7 cm³/mol. The molecule has 1 unspecified atom stereocenters. The Morgan fingerprint density at radius 1 is 1.50 bits per heavy atom. The average molecular weight is 295 g/mol. The molecule has 0 radical (unpaired) electrons. The van der Waals surface area contributed by atoms with E-state index in [1.165, 1.54) is 10.5 Å². The van der Waals surface area contributed by atoms with Gasteiger partial charge in [-0.1, -0.05) is 0 Å². The zero-order valence-electron chi connectivity index (χ0n) is 11.0. The van der Waals surface area contributed by atoms with Crippen LogP contribution in [0.25, 0.3) is 11.0 Å². The van der Waals surface area contributed by atoms with Crippen molar-refractivity contribution < 1.29 is 13.5 Å². The van der Waals surface area contributed by atoms with Crippen LogP contribution in [0.2, 0.25) is 0 Å². The van der Waals surface area contributed by atoms with Gasteiger partial charge < -0.3 is 10.1 Å². The molecule has 3 rings (SSSR count). The van der Waals surface area contributed by atoms with E-state index in [9.17, 15) is 13.5 Å². The number of sulfonamides is 1. The van der Waals surface area contributed by atoms with Gasteiger partial charge in [-0.3, -0.25) is 0 Å². The molecule has 1 aliphatic heterocycles. The summed E-state index contributed by atoms with van der Waals surface area (Å²) in [6, 6.07) is 3.47. The van der Waals surface area contributed by atoms with E-state index in [4.69, 9.17) is 0 Å². The summed E-state index contributed by atoms with van der Waals surface area (Å²) in [6.07, 6.45) is 4.77. The quantitative estimate of drug-likeness (QED) is 0.883. The zero-order chi connectivity index (χ0) is 14.2. The lowest BCUT2D eigenvalue weighted by molar-refractivity contribution is 0.165. The van der Waals surface area contributed by atoms with Crippen LogP contribution in [0, 0.1) is 5.92 Å². The number of nitrogens with one attached hydrogen (secondary N) is 1. The molecular weight excluding hydrogens is 278 g/mol. The van der Waals surface area contributed by atoms with E-state index in [0.29, 0.717) is 24.1 Å². The van der Waals surface area contributed by atoms with E-state index >= 15 is 0 Å². The number of piperidine rings is 1. The summed E-state index contributed by atoms with van der Waals surface area (Å²) < 4.78 is 26.9. The third kappa shape index (κ3) is 2.21. The van der Waals surface area contributed by atoms with Gasteiger partial charge in [-0.25, -0.2) is 13.4 Å². The summed E-state index contributed by atoms with van der Waals surface area (Å²) in [6.45, 7) is 0.916. The molecular formula is C13H17N3O3S. The molecule has 7 heteroatoms. The summed E-state index contributed by atoms with van der Waals surface area (Å²) >= 11 is 0. The Bertz CT molecular complexity index is 710. The minimum absolute atomic E-state index is 0.0292. The fraction of sp³-hybridized carbons (Fsp3) is 0.462. The van der Waals surface area contributed by atoms with Crippen molar-refractivity contribution in [1.29, 1.82) is 0 Å². The number of rotatable bonds is 3. The van der Waals surface area contributed by atoms with Crippen molar-refractivity contribution in [2.24, 2.45) is 5.92 Å². The number of pyridine rings is 1. The van der Waals surface area contributed by atoms with Crippen LogP contribution in [0.4, 0.5) is 0 Å². The van der Waals surface area contributed by atoms with E-state index in [-0.39, 0.29) is 17.4 Å². The molecule has 0 saturated carbocycles. The van der Waals surface area contributed by atoms with E-state index < -0.39 is 10.0 Å². The van der Waals surface area contributed by atoms with Gasteiger partial charge in [-0.15, -0.1) is 0 Å². The van der Waals surface area contributed by atoms with Crippen LogP contribution in [0.15, 0.2) is 29.4 Å². The molecule has 0 aliphatic carbocycles. The summed E-state index contributed by atoms with van der Waals surface area (Å²) in [7, 11) is -3.54. The molecule has 0 amide bonds. The van der Waals surface area contributed by atoms with Crippen LogP contribution >= 0.6 is 0 Å². The maximum Gasteiger partial charge on any atom is 0.245 e. The van der Waals surface area contributed by atoms with Crippen molar-refractivity contribution in [2.45, 2.75) is 17.7 Å². The highest BCUT2D eigenvalue weighted by molar-refractivity contribution is 7.89. The molecule has 2 aromatic heterocycles. The van der Waals surface area contributed by atoms with Crippen molar-refractivity contribution >= 4 is 21.1 Å². The molecule has 108 valence electrons. The van der Waals surface area contributed by atoms with Crippen molar-refractivity contribution in [3.63, 3.8) is 0 Å². The molecule has 3 heterocycles. The molecule has 1 saturated heterocycles. The number of aromatic amines is 1. The van der Waals surface area contributed by atoms with Crippen LogP contribution in [-0.2, 0) is 10.0 Å². The second kappa shape index (κ2) is 5.16. The average Bonchev–Trinajstić information content (AvgIpc) is 2.92. The van der Waals surface area contributed by atoms with Crippen LogP contribution in [-0.4, -0.2) is 47.5 Å².